The van der Waals surface area contributed by atoms with E-state index in [1.165, 1.54) is 12.4 Å². The third kappa shape index (κ3) is 1.83. The quantitative estimate of drug-likeness (QED) is 0.764. The highest BCUT2D eigenvalue weighted by molar-refractivity contribution is 6.03. The SMILES string of the molecule is O=C(O)c1cn(-c2cnc(F)cn2)c2ccccc12. The average Bonchev–Trinajstić information content (AvgIpc) is 2.79. The molecule has 6 heteroatoms. The molecule has 0 aliphatic rings. The van der Waals surface area contributed by atoms with E-state index in [0.29, 0.717) is 16.7 Å². The van der Waals surface area contributed by atoms with Gasteiger partial charge in [-0.2, -0.15) is 4.39 Å². The van der Waals surface area contributed by atoms with Gasteiger partial charge in [-0.05, 0) is 6.07 Å². The fraction of sp³-hybridized carbons (Fsp3) is 0. The van der Waals surface area contributed by atoms with Crippen LogP contribution >= 0.6 is 0 Å². The van der Waals surface area contributed by atoms with E-state index in [0.717, 1.165) is 6.20 Å². The van der Waals surface area contributed by atoms with Crippen LogP contribution in [-0.4, -0.2) is 25.6 Å². The summed E-state index contributed by atoms with van der Waals surface area (Å²) in [6, 6.07) is 7.04. The van der Waals surface area contributed by atoms with E-state index in [4.69, 9.17) is 0 Å². The predicted molar refractivity (Wildman–Crippen MR) is 65.8 cm³/mol. The Morgan fingerprint density at radius 2 is 2.00 bits per heavy atom. The first kappa shape index (κ1) is 11.3. The van der Waals surface area contributed by atoms with E-state index in [-0.39, 0.29) is 5.56 Å². The summed E-state index contributed by atoms with van der Waals surface area (Å²) in [4.78, 5) is 18.6. The zero-order valence-corrected chi connectivity index (χ0v) is 9.62. The molecule has 0 unspecified atom stereocenters. The third-order valence-corrected chi connectivity index (χ3v) is 2.80. The van der Waals surface area contributed by atoms with Crippen molar-refractivity contribution in [1.29, 1.82) is 0 Å². The summed E-state index contributed by atoms with van der Waals surface area (Å²) in [7, 11) is 0. The van der Waals surface area contributed by atoms with Crippen LogP contribution in [0, 0.1) is 5.95 Å². The third-order valence-electron chi connectivity index (χ3n) is 2.80. The second-order valence-corrected chi connectivity index (χ2v) is 3.93. The summed E-state index contributed by atoms with van der Waals surface area (Å²) in [6.07, 6.45) is 3.70. The first-order chi connectivity index (χ1) is 9.16. The van der Waals surface area contributed by atoms with Crippen LogP contribution in [0.4, 0.5) is 4.39 Å². The number of benzene rings is 1. The number of hydrogen-bond donors (Lipinski definition) is 1. The molecule has 1 aromatic carbocycles. The second kappa shape index (κ2) is 4.16. The Kier molecular flexibility index (Phi) is 2.49. The van der Waals surface area contributed by atoms with E-state index in [2.05, 4.69) is 9.97 Å². The molecule has 0 saturated heterocycles. The number of rotatable bonds is 2. The molecule has 0 bridgehead atoms. The zero-order chi connectivity index (χ0) is 13.4. The molecule has 94 valence electrons. The highest BCUT2D eigenvalue weighted by Gasteiger charge is 2.15. The highest BCUT2D eigenvalue weighted by Crippen LogP contribution is 2.23. The lowest BCUT2D eigenvalue weighted by Gasteiger charge is -2.02. The number of carboxylic acid groups (broad SMARTS) is 1. The van der Waals surface area contributed by atoms with Crippen LogP contribution in [0.2, 0.25) is 0 Å². The lowest BCUT2D eigenvalue weighted by atomic mass is 10.2. The molecule has 2 aromatic heterocycles. The Morgan fingerprint density at radius 1 is 1.21 bits per heavy atom. The summed E-state index contributed by atoms with van der Waals surface area (Å²) >= 11 is 0. The van der Waals surface area contributed by atoms with E-state index >= 15 is 0 Å². The Bertz CT molecular complexity index is 765. The summed E-state index contributed by atoms with van der Waals surface area (Å²) in [5.41, 5.74) is 0.850. The molecule has 0 radical (unpaired) electrons. The van der Waals surface area contributed by atoms with Gasteiger partial charge in [-0.25, -0.2) is 14.8 Å². The van der Waals surface area contributed by atoms with Crippen LogP contribution in [0.5, 0.6) is 0 Å². The number of para-hydroxylation sites is 1. The van der Waals surface area contributed by atoms with Crippen molar-refractivity contribution in [3.8, 4) is 5.82 Å². The second-order valence-electron chi connectivity index (χ2n) is 3.93. The van der Waals surface area contributed by atoms with Crippen molar-refractivity contribution in [3.63, 3.8) is 0 Å². The Labute approximate surface area is 107 Å². The molecule has 19 heavy (non-hydrogen) atoms. The minimum absolute atomic E-state index is 0.168. The van der Waals surface area contributed by atoms with Gasteiger partial charge >= 0.3 is 5.97 Å². The van der Waals surface area contributed by atoms with Crippen molar-refractivity contribution >= 4 is 16.9 Å². The van der Waals surface area contributed by atoms with Crippen LogP contribution in [0.3, 0.4) is 0 Å². The van der Waals surface area contributed by atoms with Gasteiger partial charge in [-0.1, -0.05) is 18.2 Å². The average molecular weight is 257 g/mol. The maximum Gasteiger partial charge on any atom is 0.337 e. The Balaban J connectivity index is 2.29. The fourth-order valence-electron chi connectivity index (χ4n) is 1.97. The number of halogens is 1. The molecule has 0 saturated carbocycles. The Hall–Kier alpha value is -2.76. The van der Waals surface area contributed by atoms with Crippen molar-refractivity contribution in [2.24, 2.45) is 0 Å². The number of aromatic nitrogens is 3. The first-order valence-electron chi connectivity index (χ1n) is 5.48. The lowest BCUT2D eigenvalue weighted by Crippen LogP contribution is -1.98. The van der Waals surface area contributed by atoms with Crippen molar-refractivity contribution in [3.05, 3.63) is 54.4 Å². The van der Waals surface area contributed by atoms with Gasteiger partial charge in [0, 0.05) is 11.6 Å². The molecular formula is C13H8FN3O2. The molecule has 0 atom stereocenters. The minimum Gasteiger partial charge on any atom is -0.478 e. The van der Waals surface area contributed by atoms with E-state index < -0.39 is 11.9 Å². The van der Waals surface area contributed by atoms with Crippen LogP contribution in [-0.2, 0) is 0 Å². The molecule has 2 heterocycles. The topological polar surface area (TPSA) is 68.0 Å². The lowest BCUT2D eigenvalue weighted by molar-refractivity contribution is 0.0699. The van der Waals surface area contributed by atoms with Crippen molar-refractivity contribution < 1.29 is 14.3 Å². The number of fused-ring (bicyclic) bond motifs is 1. The Morgan fingerprint density at radius 3 is 2.68 bits per heavy atom. The standard InChI is InChI=1S/C13H8FN3O2/c14-11-5-16-12(6-15-11)17-7-9(13(18)19)8-3-1-2-4-10(8)17/h1-7H,(H,18,19). The van der Waals surface area contributed by atoms with Crippen LogP contribution in [0.25, 0.3) is 16.7 Å². The molecule has 0 amide bonds. The zero-order valence-electron chi connectivity index (χ0n) is 9.62. The predicted octanol–water partition coefficient (Wildman–Crippen LogP) is 2.26. The van der Waals surface area contributed by atoms with E-state index in [1.807, 2.05) is 0 Å². The summed E-state index contributed by atoms with van der Waals surface area (Å²) in [6.45, 7) is 0. The number of carboxylic acids is 1. The van der Waals surface area contributed by atoms with Crippen LogP contribution < -0.4 is 0 Å². The van der Waals surface area contributed by atoms with Crippen LogP contribution in [0.1, 0.15) is 10.4 Å². The molecule has 0 aliphatic carbocycles. The number of aromatic carboxylic acids is 1. The number of nitrogens with zero attached hydrogens (tertiary/aromatic N) is 3. The van der Waals surface area contributed by atoms with Crippen molar-refractivity contribution in [2.75, 3.05) is 0 Å². The highest BCUT2D eigenvalue weighted by atomic mass is 19.1. The molecular weight excluding hydrogens is 249 g/mol. The monoisotopic (exact) mass is 257 g/mol. The molecule has 3 aromatic rings. The molecule has 0 fully saturated rings. The van der Waals surface area contributed by atoms with Gasteiger partial charge in [0.2, 0.25) is 5.95 Å². The molecule has 1 N–H and O–H groups in total. The molecule has 3 rings (SSSR count). The maximum absolute atomic E-state index is 12.8. The first-order valence-corrected chi connectivity index (χ1v) is 5.48. The van der Waals surface area contributed by atoms with Gasteiger partial charge < -0.3 is 5.11 Å². The normalized spacial score (nSPS) is 10.8. The van der Waals surface area contributed by atoms with E-state index in [1.54, 1.807) is 28.8 Å². The maximum atomic E-state index is 12.8. The fourth-order valence-corrected chi connectivity index (χ4v) is 1.97. The van der Waals surface area contributed by atoms with Gasteiger partial charge in [0.1, 0.15) is 0 Å². The molecule has 5 nitrogen and oxygen atoms in total. The van der Waals surface area contributed by atoms with Crippen molar-refractivity contribution in [2.45, 2.75) is 0 Å². The van der Waals surface area contributed by atoms with E-state index in [9.17, 15) is 14.3 Å². The van der Waals surface area contributed by atoms with Gasteiger partial charge in [0.25, 0.3) is 0 Å². The largest absolute Gasteiger partial charge is 0.478 e. The summed E-state index contributed by atoms with van der Waals surface area (Å²) < 4.78 is 14.3. The van der Waals surface area contributed by atoms with Crippen LogP contribution in [0.15, 0.2) is 42.9 Å². The molecule has 0 aliphatic heterocycles. The number of hydrogen-bond acceptors (Lipinski definition) is 3. The van der Waals surface area contributed by atoms with Gasteiger partial charge in [-0.3, -0.25) is 4.57 Å². The van der Waals surface area contributed by atoms with Gasteiger partial charge in [0.15, 0.2) is 5.82 Å². The van der Waals surface area contributed by atoms with Gasteiger partial charge in [0.05, 0.1) is 23.5 Å². The minimum atomic E-state index is -1.02. The number of carbonyl (C=O) groups is 1. The van der Waals surface area contributed by atoms with Crippen molar-refractivity contribution in [1.82, 2.24) is 14.5 Å². The molecule has 0 spiro atoms. The summed E-state index contributed by atoms with van der Waals surface area (Å²) in [5, 5.41) is 9.78. The smallest absolute Gasteiger partial charge is 0.337 e. The summed E-state index contributed by atoms with van der Waals surface area (Å²) in [5.74, 6) is -1.34. The van der Waals surface area contributed by atoms with Gasteiger partial charge in [-0.15, -0.1) is 0 Å².